The lowest BCUT2D eigenvalue weighted by Crippen LogP contribution is -2.25. The van der Waals surface area contributed by atoms with Crippen LogP contribution in [0.3, 0.4) is 0 Å². The highest BCUT2D eigenvalue weighted by atomic mass is 16.1. The first kappa shape index (κ1) is 11.9. The number of hydrogen-bond donors (Lipinski definition) is 0. The zero-order valence-electron chi connectivity index (χ0n) is 10.9. The molecule has 2 fully saturated rings. The third kappa shape index (κ3) is 1.97. The van der Waals surface area contributed by atoms with Gasteiger partial charge in [-0.2, -0.15) is 0 Å². The van der Waals surface area contributed by atoms with Gasteiger partial charge in [-0.1, -0.05) is 26.8 Å². The van der Waals surface area contributed by atoms with E-state index in [1.54, 1.807) is 0 Å². The van der Waals surface area contributed by atoms with E-state index in [4.69, 9.17) is 0 Å². The zero-order chi connectivity index (χ0) is 12.0. The van der Waals surface area contributed by atoms with E-state index in [9.17, 15) is 4.79 Å². The summed E-state index contributed by atoms with van der Waals surface area (Å²) in [5, 5.41) is 0. The van der Waals surface area contributed by atoms with Gasteiger partial charge in [0.1, 0.15) is 5.78 Å². The van der Waals surface area contributed by atoms with Crippen LogP contribution in [0, 0.1) is 22.7 Å². The van der Waals surface area contributed by atoms with Gasteiger partial charge in [-0.3, -0.25) is 4.79 Å². The van der Waals surface area contributed by atoms with Gasteiger partial charge in [0, 0.05) is 12.3 Å². The molecule has 0 aromatic carbocycles. The molecule has 0 bridgehead atoms. The molecule has 2 rings (SSSR count). The number of rotatable bonds is 3. The molecule has 0 aromatic rings. The molecule has 0 heterocycles. The van der Waals surface area contributed by atoms with Crippen LogP contribution in [0.25, 0.3) is 0 Å². The second-order valence-corrected chi connectivity index (χ2v) is 6.84. The van der Waals surface area contributed by atoms with Crippen LogP contribution in [0.4, 0.5) is 0 Å². The lowest BCUT2D eigenvalue weighted by Gasteiger charge is -2.23. The molecule has 0 radical (unpaired) electrons. The van der Waals surface area contributed by atoms with Gasteiger partial charge in [0.25, 0.3) is 0 Å². The van der Waals surface area contributed by atoms with E-state index in [1.807, 2.05) is 6.08 Å². The Hall–Kier alpha value is -0.590. The molecule has 0 N–H and O–H groups in total. The van der Waals surface area contributed by atoms with E-state index >= 15 is 0 Å². The van der Waals surface area contributed by atoms with Crippen molar-refractivity contribution in [2.45, 2.75) is 52.9 Å². The predicted molar refractivity (Wildman–Crippen MR) is 67.2 cm³/mol. The fourth-order valence-corrected chi connectivity index (χ4v) is 3.68. The first-order chi connectivity index (χ1) is 7.39. The molecule has 0 aromatic heterocycles. The highest BCUT2D eigenvalue weighted by Gasteiger charge is 2.59. The minimum absolute atomic E-state index is 0.225. The Labute approximate surface area is 99.3 Å². The molecule has 0 unspecified atom stereocenters. The van der Waals surface area contributed by atoms with Crippen molar-refractivity contribution < 1.29 is 4.79 Å². The van der Waals surface area contributed by atoms with Gasteiger partial charge in [0.15, 0.2) is 0 Å². The van der Waals surface area contributed by atoms with Crippen LogP contribution in [0.2, 0.25) is 0 Å². The summed E-state index contributed by atoms with van der Waals surface area (Å²) >= 11 is 0. The van der Waals surface area contributed by atoms with Crippen molar-refractivity contribution in [3.63, 3.8) is 0 Å². The molecule has 1 heteroatoms. The minimum Gasteiger partial charge on any atom is -0.299 e. The van der Waals surface area contributed by atoms with Crippen molar-refractivity contribution in [1.29, 1.82) is 0 Å². The van der Waals surface area contributed by atoms with Gasteiger partial charge in [0.2, 0.25) is 0 Å². The maximum absolute atomic E-state index is 12.3. The number of ketones is 1. The Balaban J connectivity index is 2.17. The Morgan fingerprint density at radius 3 is 2.69 bits per heavy atom. The third-order valence-electron chi connectivity index (χ3n) is 4.75. The van der Waals surface area contributed by atoms with Crippen molar-refractivity contribution in [2.75, 3.05) is 0 Å². The largest absolute Gasteiger partial charge is 0.299 e. The number of fused-ring (bicyclic) bond motifs is 1. The minimum atomic E-state index is 0.225. The van der Waals surface area contributed by atoms with Gasteiger partial charge in [0.05, 0.1) is 0 Å². The van der Waals surface area contributed by atoms with E-state index in [0.29, 0.717) is 17.1 Å². The molecule has 2 aliphatic carbocycles. The topological polar surface area (TPSA) is 17.1 Å². The highest BCUT2D eigenvalue weighted by molar-refractivity contribution is 5.83. The summed E-state index contributed by atoms with van der Waals surface area (Å²) in [6.07, 6.45) is 7.24. The molecule has 0 spiro atoms. The summed E-state index contributed by atoms with van der Waals surface area (Å²) in [5.41, 5.74) is 0.552. The van der Waals surface area contributed by atoms with Gasteiger partial charge in [-0.05, 0) is 42.4 Å². The average Bonchev–Trinajstić information content (AvgIpc) is 2.75. The standard InChI is InChI=1S/C15H24O/c1-5-6-7-12-13(16)10-14(2,3)8-11-9-15(11,12)4/h5,11-12H,1,6-10H2,2-4H3/t11-,12+,15+/m0/s1. The number of Topliss-reactive ketones (excluding diaryl/α,β-unsaturated/α-hetero) is 1. The third-order valence-corrected chi connectivity index (χ3v) is 4.75. The Morgan fingerprint density at radius 1 is 1.38 bits per heavy atom. The molecule has 0 aliphatic heterocycles. The normalized spacial score (nSPS) is 41.1. The molecule has 90 valence electrons. The van der Waals surface area contributed by atoms with Gasteiger partial charge in [-0.25, -0.2) is 0 Å². The average molecular weight is 220 g/mol. The Morgan fingerprint density at radius 2 is 2.06 bits per heavy atom. The molecule has 0 saturated heterocycles. The van der Waals surface area contributed by atoms with Gasteiger partial charge in [-0.15, -0.1) is 6.58 Å². The number of allylic oxidation sites excluding steroid dienone is 1. The second-order valence-electron chi connectivity index (χ2n) is 6.84. The fourth-order valence-electron chi connectivity index (χ4n) is 3.68. The highest BCUT2D eigenvalue weighted by Crippen LogP contribution is 2.65. The summed E-state index contributed by atoms with van der Waals surface area (Å²) in [7, 11) is 0. The molecule has 16 heavy (non-hydrogen) atoms. The van der Waals surface area contributed by atoms with Crippen molar-refractivity contribution >= 4 is 5.78 Å². The maximum atomic E-state index is 12.3. The Bertz CT molecular complexity index is 315. The second kappa shape index (κ2) is 3.72. The van der Waals surface area contributed by atoms with E-state index in [0.717, 1.165) is 25.2 Å². The molecular weight excluding hydrogens is 196 g/mol. The molecular formula is C15H24O. The van der Waals surface area contributed by atoms with E-state index in [1.165, 1.54) is 12.8 Å². The lowest BCUT2D eigenvalue weighted by atomic mass is 9.80. The molecule has 2 saturated carbocycles. The quantitative estimate of drug-likeness (QED) is 0.657. The fraction of sp³-hybridized carbons (Fsp3) is 0.800. The SMILES string of the molecule is C=CCC[C@@H]1C(=O)CC(C)(C)C[C@H]2C[C@]21C. The molecule has 0 amide bonds. The summed E-state index contributed by atoms with van der Waals surface area (Å²) in [5.74, 6) is 1.61. The van der Waals surface area contributed by atoms with Crippen molar-refractivity contribution in [2.24, 2.45) is 22.7 Å². The monoisotopic (exact) mass is 220 g/mol. The first-order valence-electron chi connectivity index (χ1n) is 6.53. The number of carbonyl (C=O) groups excluding carboxylic acids is 1. The van der Waals surface area contributed by atoms with Crippen LogP contribution >= 0.6 is 0 Å². The van der Waals surface area contributed by atoms with Crippen molar-refractivity contribution in [1.82, 2.24) is 0 Å². The number of hydrogen-bond acceptors (Lipinski definition) is 1. The smallest absolute Gasteiger partial charge is 0.137 e. The molecule has 3 atom stereocenters. The Kier molecular flexibility index (Phi) is 2.76. The van der Waals surface area contributed by atoms with Gasteiger partial charge < -0.3 is 0 Å². The predicted octanol–water partition coefficient (Wildman–Crippen LogP) is 3.98. The maximum Gasteiger partial charge on any atom is 0.137 e. The number of carbonyl (C=O) groups is 1. The van der Waals surface area contributed by atoms with Crippen LogP contribution in [0.1, 0.15) is 52.9 Å². The van der Waals surface area contributed by atoms with E-state index in [-0.39, 0.29) is 5.41 Å². The van der Waals surface area contributed by atoms with Crippen molar-refractivity contribution in [3.8, 4) is 0 Å². The molecule has 1 nitrogen and oxygen atoms in total. The first-order valence-corrected chi connectivity index (χ1v) is 6.53. The van der Waals surface area contributed by atoms with Crippen molar-refractivity contribution in [3.05, 3.63) is 12.7 Å². The summed E-state index contributed by atoms with van der Waals surface area (Å²) in [4.78, 5) is 12.3. The lowest BCUT2D eigenvalue weighted by molar-refractivity contribution is -0.126. The van der Waals surface area contributed by atoms with Crippen LogP contribution < -0.4 is 0 Å². The van der Waals surface area contributed by atoms with Crippen LogP contribution in [0.5, 0.6) is 0 Å². The summed E-state index contributed by atoms with van der Waals surface area (Å²) in [6.45, 7) is 10.6. The van der Waals surface area contributed by atoms with Crippen LogP contribution in [-0.2, 0) is 4.79 Å². The van der Waals surface area contributed by atoms with Crippen LogP contribution in [-0.4, -0.2) is 5.78 Å². The van der Waals surface area contributed by atoms with Gasteiger partial charge >= 0.3 is 0 Å². The summed E-state index contributed by atoms with van der Waals surface area (Å²) in [6, 6.07) is 0. The molecule has 2 aliphatic rings. The van der Waals surface area contributed by atoms with Crippen LogP contribution in [0.15, 0.2) is 12.7 Å². The van der Waals surface area contributed by atoms with E-state index < -0.39 is 0 Å². The summed E-state index contributed by atoms with van der Waals surface area (Å²) < 4.78 is 0. The zero-order valence-corrected chi connectivity index (χ0v) is 10.9. The van der Waals surface area contributed by atoms with E-state index in [2.05, 4.69) is 27.4 Å².